The predicted molar refractivity (Wildman–Crippen MR) is 114 cm³/mol. The maximum atomic E-state index is 9.98. The van der Waals surface area contributed by atoms with Crippen molar-refractivity contribution in [2.75, 3.05) is 31.1 Å². The lowest BCUT2D eigenvalue weighted by atomic mass is 10.1. The number of anilines is 1. The fourth-order valence-corrected chi connectivity index (χ4v) is 4.52. The minimum absolute atomic E-state index is 0.121. The number of hydrogen-bond donors (Lipinski definition) is 2. The average molecular weight is 419 g/mol. The van der Waals surface area contributed by atoms with Crippen molar-refractivity contribution in [3.05, 3.63) is 36.4 Å². The summed E-state index contributed by atoms with van der Waals surface area (Å²) in [6.07, 6.45) is 6.71. The van der Waals surface area contributed by atoms with Gasteiger partial charge >= 0.3 is 0 Å². The highest BCUT2D eigenvalue weighted by Crippen LogP contribution is 2.51. The fraction of sp³-hybridized carbons (Fsp3) is 0.455. The van der Waals surface area contributed by atoms with Crippen LogP contribution in [0.3, 0.4) is 0 Å². The summed E-state index contributed by atoms with van der Waals surface area (Å²) in [7, 11) is 0. The van der Waals surface area contributed by atoms with Gasteiger partial charge in [-0.1, -0.05) is 0 Å². The van der Waals surface area contributed by atoms with Gasteiger partial charge in [0.15, 0.2) is 0 Å². The van der Waals surface area contributed by atoms with Crippen LogP contribution in [0.15, 0.2) is 30.9 Å². The molecule has 31 heavy (non-hydrogen) atoms. The summed E-state index contributed by atoms with van der Waals surface area (Å²) in [4.78, 5) is 11.5. The van der Waals surface area contributed by atoms with Gasteiger partial charge in [0.1, 0.15) is 24.2 Å². The number of nitrogens with zero attached hydrogens (tertiary/aromatic N) is 6. The minimum Gasteiger partial charge on any atom is -0.489 e. The first-order valence-corrected chi connectivity index (χ1v) is 10.4. The molecule has 0 spiro atoms. The van der Waals surface area contributed by atoms with E-state index < -0.39 is 5.60 Å². The Morgan fingerprint density at radius 2 is 2.03 bits per heavy atom. The second-order valence-corrected chi connectivity index (χ2v) is 9.05. The molecule has 9 nitrogen and oxygen atoms in total. The summed E-state index contributed by atoms with van der Waals surface area (Å²) in [5.74, 6) is 3.40. The first-order valence-electron chi connectivity index (χ1n) is 10.4. The predicted octanol–water partition coefficient (Wildman–Crippen LogP) is 1.45. The van der Waals surface area contributed by atoms with Crippen LogP contribution in [0.5, 0.6) is 5.75 Å². The molecule has 160 valence electrons. The molecule has 1 saturated carbocycles. The lowest BCUT2D eigenvalue weighted by Crippen LogP contribution is -2.28. The largest absolute Gasteiger partial charge is 0.489 e. The van der Waals surface area contributed by atoms with Crippen molar-refractivity contribution in [3.8, 4) is 23.1 Å². The zero-order valence-corrected chi connectivity index (χ0v) is 17.6. The van der Waals surface area contributed by atoms with Crippen molar-refractivity contribution >= 4 is 11.3 Å². The van der Waals surface area contributed by atoms with Crippen molar-refractivity contribution in [1.82, 2.24) is 19.6 Å². The third kappa shape index (κ3) is 3.58. The molecule has 2 fully saturated rings. The van der Waals surface area contributed by atoms with Gasteiger partial charge in [-0.05, 0) is 44.2 Å². The van der Waals surface area contributed by atoms with Crippen LogP contribution in [-0.4, -0.2) is 56.5 Å². The second kappa shape index (κ2) is 7.18. The van der Waals surface area contributed by atoms with E-state index in [1.54, 1.807) is 37.0 Å². The molecule has 0 bridgehead atoms. The van der Waals surface area contributed by atoms with Crippen LogP contribution in [-0.2, 0) is 0 Å². The van der Waals surface area contributed by atoms with Crippen molar-refractivity contribution in [2.24, 2.45) is 23.5 Å². The van der Waals surface area contributed by atoms with Crippen molar-refractivity contribution < 1.29 is 9.84 Å². The number of hydrogen-bond acceptors (Lipinski definition) is 8. The van der Waals surface area contributed by atoms with Crippen LogP contribution in [0, 0.1) is 29.1 Å². The zero-order chi connectivity index (χ0) is 21.8. The Morgan fingerprint density at radius 1 is 1.26 bits per heavy atom. The zero-order valence-electron chi connectivity index (χ0n) is 17.6. The van der Waals surface area contributed by atoms with Gasteiger partial charge in [-0.2, -0.15) is 10.4 Å². The highest BCUT2D eigenvalue weighted by Gasteiger charge is 2.54. The molecular formula is C22H25N7O2. The van der Waals surface area contributed by atoms with Gasteiger partial charge in [0.05, 0.1) is 47.2 Å². The highest BCUT2D eigenvalue weighted by molar-refractivity contribution is 5.83. The van der Waals surface area contributed by atoms with Gasteiger partial charge in [-0.25, -0.2) is 9.50 Å². The smallest absolute Gasteiger partial charge is 0.147 e. The number of aromatic nitrogens is 4. The van der Waals surface area contributed by atoms with Crippen LogP contribution in [0.1, 0.15) is 19.4 Å². The Bertz CT molecular complexity index is 1150. The van der Waals surface area contributed by atoms with Crippen molar-refractivity contribution in [1.29, 1.82) is 5.26 Å². The molecule has 0 aromatic carbocycles. The third-order valence-electron chi connectivity index (χ3n) is 6.18. The van der Waals surface area contributed by atoms with E-state index in [-0.39, 0.29) is 6.61 Å². The van der Waals surface area contributed by atoms with Crippen LogP contribution >= 0.6 is 0 Å². The van der Waals surface area contributed by atoms with E-state index in [0.29, 0.717) is 45.8 Å². The molecular weight excluding hydrogens is 394 g/mol. The molecule has 3 atom stereocenters. The standard InChI is InChI=1S/C22H25N7O2/c1-22(2,30)12-31-14-3-15(21-13(4-23)6-27-29(21)9-14)19-7-26-20(8-25-19)28-10-17-16(5-24)18(17)11-28/h3,6-9,16-18,30H,5,10-12,24H2,1-2H3/t16?,17-,18+. The number of aliphatic hydroxyl groups is 1. The summed E-state index contributed by atoms with van der Waals surface area (Å²) < 4.78 is 7.37. The molecule has 3 aromatic heterocycles. The number of fused-ring (bicyclic) bond motifs is 2. The molecule has 9 heteroatoms. The number of piperidine rings is 1. The summed E-state index contributed by atoms with van der Waals surface area (Å²) in [5, 5.41) is 23.8. The Kier molecular flexibility index (Phi) is 4.57. The van der Waals surface area contributed by atoms with Gasteiger partial charge in [0.2, 0.25) is 0 Å². The van der Waals surface area contributed by atoms with E-state index >= 15 is 0 Å². The fourth-order valence-electron chi connectivity index (χ4n) is 4.52. The number of ether oxygens (including phenoxy) is 1. The monoisotopic (exact) mass is 419 g/mol. The van der Waals surface area contributed by atoms with Gasteiger partial charge in [0.25, 0.3) is 0 Å². The molecule has 3 aromatic rings. The maximum Gasteiger partial charge on any atom is 0.147 e. The third-order valence-corrected chi connectivity index (χ3v) is 6.18. The number of pyridine rings is 1. The molecule has 1 saturated heterocycles. The highest BCUT2D eigenvalue weighted by atomic mass is 16.5. The Hall–Kier alpha value is -3.22. The maximum absolute atomic E-state index is 9.98. The minimum atomic E-state index is -0.974. The lowest BCUT2D eigenvalue weighted by Gasteiger charge is -2.20. The molecule has 0 radical (unpaired) electrons. The first-order chi connectivity index (χ1) is 14.9. The molecule has 1 aliphatic heterocycles. The molecule has 2 aliphatic rings. The van der Waals surface area contributed by atoms with E-state index in [2.05, 4.69) is 26.0 Å². The van der Waals surface area contributed by atoms with Crippen LogP contribution < -0.4 is 15.4 Å². The van der Waals surface area contributed by atoms with Gasteiger partial charge in [-0.3, -0.25) is 4.98 Å². The Labute approximate surface area is 180 Å². The normalized spacial score (nSPS) is 22.4. The van der Waals surface area contributed by atoms with Gasteiger partial charge in [-0.15, -0.1) is 0 Å². The molecule has 1 unspecified atom stereocenters. The van der Waals surface area contributed by atoms with E-state index in [1.807, 2.05) is 6.07 Å². The lowest BCUT2D eigenvalue weighted by molar-refractivity contribution is 0.0283. The quantitative estimate of drug-likeness (QED) is 0.615. The van der Waals surface area contributed by atoms with Crippen LogP contribution in [0.25, 0.3) is 16.8 Å². The SMILES string of the molecule is CC(C)(O)COc1cc(-c2cnc(N3C[C@@H]4C(CN)[C@@H]4C3)cn2)c2c(C#N)cnn2c1. The van der Waals surface area contributed by atoms with Gasteiger partial charge in [0, 0.05) is 18.7 Å². The van der Waals surface area contributed by atoms with E-state index in [0.717, 1.165) is 25.5 Å². The van der Waals surface area contributed by atoms with E-state index in [9.17, 15) is 10.4 Å². The first kappa shape index (κ1) is 19.7. The number of nitriles is 1. The van der Waals surface area contributed by atoms with Crippen molar-refractivity contribution in [3.63, 3.8) is 0 Å². The summed E-state index contributed by atoms with van der Waals surface area (Å²) in [6, 6.07) is 3.99. The van der Waals surface area contributed by atoms with Crippen LogP contribution in [0.2, 0.25) is 0 Å². The Balaban J connectivity index is 1.45. The van der Waals surface area contributed by atoms with Gasteiger partial charge < -0.3 is 20.5 Å². The van der Waals surface area contributed by atoms with Crippen molar-refractivity contribution in [2.45, 2.75) is 19.4 Å². The molecule has 5 rings (SSSR count). The molecule has 3 N–H and O–H groups in total. The van der Waals surface area contributed by atoms with E-state index in [1.165, 1.54) is 6.20 Å². The number of nitrogens with two attached hydrogens (primary N) is 1. The van der Waals surface area contributed by atoms with E-state index in [4.69, 9.17) is 10.5 Å². The summed E-state index contributed by atoms with van der Waals surface area (Å²) in [6.45, 7) is 6.20. The topological polar surface area (TPSA) is 126 Å². The van der Waals surface area contributed by atoms with Crippen LogP contribution in [0.4, 0.5) is 5.82 Å². The number of rotatable bonds is 6. The molecule has 1 aliphatic carbocycles. The summed E-state index contributed by atoms with van der Waals surface area (Å²) >= 11 is 0. The average Bonchev–Trinajstić information content (AvgIpc) is 3.07. The summed E-state index contributed by atoms with van der Waals surface area (Å²) in [5.41, 5.74) is 7.26. The second-order valence-electron chi connectivity index (χ2n) is 9.05. The Morgan fingerprint density at radius 3 is 2.65 bits per heavy atom. The molecule has 4 heterocycles. The molecule has 0 amide bonds.